The number of allylic oxidation sites excluding steroid dienone is 2. The molecule has 0 aliphatic carbocycles. The van der Waals surface area contributed by atoms with Crippen molar-refractivity contribution in [3.63, 3.8) is 0 Å². The van der Waals surface area contributed by atoms with Crippen LogP contribution in [0.15, 0.2) is 29.3 Å². The van der Waals surface area contributed by atoms with Crippen LogP contribution in [-0.2, 0) is 21.3 Å². The number of hydrogen-bond acceptors (Lipinski definition) is 5. The van der Waals surface area contributed by atoms with E-state index < -0.39 is 27.3 Å². The van der Waals surface area contributed by atoms with E-state index in [1.165, 1.54) is 6.07 Å². The lowest BCUT2D eigenvalue weighted by molar-refractivity contribution is -0.0500. The second-order valence-electron chi connectivity index (χ2n) is 5.25. The van der Waals surface area contributed by atoms with Gasteiger partial charge in [0.2, 0.25) is 0 Å². The van der Waals surface area contributed by atoms with Gasteiger partial charge in [-0.1, -0.05) is 11.1 Å². The van der Waals surface area contributed by atoms with Crippen molar-refractivity contribution in [3.8, 4) is 5.75 Å². The summed E-state index contributed by atoms with van der Waals surface area (Å²) in [4.78, 5) is 11.6. The van der Waals surface area contributed by atoms with Crippen molar-refractivity contribution in [1.82, 2.24) is 0 Å². The Balaban J connectivity index is 3.39. The summed E-state index contributed by atoms with van der Waals surface area (Å²) in [6.45, 7) is 5.33. The number of halogens is 3. The van der Waals surface area contributed by atoms with E-state index >= 15 is 0 Å². The topological polar surface area (TPSA) is 69.7 Å². The first kappa shape index (κ1) is 20.0. The number of esters is 1. The average Bonchev–Trinajstić information content (AvgIpc) is 2.46. The van der Waals surface area contributed by atoms with E-state index in [-0.39, 0.29) is 17.5 Å². The van der Waals surface area contributed by atoms with Gasteiger partial charge in [0.15, 0.2) is 0 Å². The molecule has 0 bridgehead atoms. The molecule has 1 rings (SSSR count). The lowest BCUT2D eigenvalue weighted by Gasteiger charge is -2.14. The monoisotopic (exact) mass is 366 g/mol. The Hall–Kier alpha value is -2.03. The van der Waals surface area contributed by atoms with E-state index in [0.717, 1.165) is 30.4 Å². The quantitative estimate of drug-likeness (QED) is 0.345. The molecular formula is C15H17F3O5S. The van der Waals surface area contributed by atoms with Crippen molar-refractivity contribution >= 4 is 16.1 Å². The van der Waals surface area contributed by atoms with Crippen LogP contribution < -0.4 is 4.18 Å². The minimum Gasteiger partial charge on any atom is -0.465 e. The van der Waals surface area contributed by atoms with Gasteiger partial charge < -0.3 is 8.92 Å². The molecule has 1 aromatic rings. The third-order valence-electron chi connectivity index (χ3n) is 3.27. The molecule has 0 heterocycles. The number of rotatable bonds is 5. The Labute approximate surface area is 138 Å². The average molecular weight is 366 g/mol. The van der Waals surface area contributed by atoms with E-state index in [4.69, 9.17) is 0 Å². The van der Waals surface area contributed by atoms with Gasteiger partial charge in [-0.05, 0) is 45.4 Å². The molecule has 0 spiro atoms. The van der Waals surface area contributed by atoms with Gasteiger partial charge in [0.05, 0.1) is 12.7 Å². The van der Waals surface area contributed by atoms with Crippen LogP contribution in [0.1, 0.15) is 36.7 Å². The van der Waals surface area contributed by atoms with E-state index in [1.807, 2.05) is 0 Å². The number of benzene rings is 1. The fourth-order valence-corrected chi connectivity index (χ4v) is 2.17. The van der Waals surface area contributed by atoms with Crippen molar-refractivity contribution < 1.29 is 35.3 Å². The lowest BCUT2D eigenvalue weighted by atomic mass is 10.00. The third-order valence-corrected chi connectivity index (χ3v) is 4.24. The van der Waals surface area contributed by atoms with Crippen molar-refractivity contribution in [3.05, 3.63) is 40.5 Å². The highest BCUT2D eigenvalue weighted by atomic mass is 32.2. The van der Waals surface area contributed by atoms with Crippen LogP contribution >= 0.6 is 0 Å². The maximum absolute atomic E-state index is 12.5. The molecule has 0 radical (unpaired) electrons. The zero-order valence-corrected chi connectivity index (χ0v) is 14.3. The summed E-state index contributed by atoms with van der Waals surface area (Å²) in [6.07, 6.45) is 0.121. The molecule has 0 aliphatic rings. The molecule has 24 heavy (non-hydrogen) atoms. The predicted molar refractivity (Wildman–Crippen MR) is 81.1 cm³/mol. The first-order valence-electron chi connectivity index (χ1n) is 6.74. The summed E-state index contributed by atoms with van der Waals surface area (Å²) in [6, 6.07) is 3.39. The molecule has 0 aromatic heterocycles. The van der Waals surface area contributed by atoms with Gasteiger partial charge in [-0.15, -0.1) is 0 Å². The molecule has 0 atom stereocenters. The molecule has 134 valence electrons. The number of hydrogen-bond donors (Lipinski definition) is 0. The van der Waals surface area contributed by atoms with E-state index in [9.17, 15) is 26.4 Å². The Morgan fingerprint density at radius 2 is 1.75 bits per heavy atom. The summed E-state index contributed by atoms with van der Waals surface area (Å²) >= 11 is 0. The van der Waals surface area contributed by atoms with Crippen LogP contribution in [0.25, 0.3) is 0 Å². The fraction of sp³-hybridized carbons (Fsp3) is 0.400. The minimum absolute atomic E-state index is 0.0748. The van der Waals surface area contributed by atoms with Crippen LogP contribution in [-0.4, -0.2) is 27.0 Å². The highest BCUT2D eigenvalue weighted by Gasteiger charge is 2.48. The molecular weight excluding hydrogens is 349 g/mol. The second-order valence-corrected chi connectivity index (χ2v) is 6.79. The normalized spacial score (nSPS) is 11.8. The summed E-state index contributed by atoms with van der Waals surface area (Å²) in [5, 5.41) is 0. The lowest BCUT2D eigenvalue weighted by Crippen LogP contribution is -2.28. The van der Waals surface area contributed by atoms with Crippen LogP contribution in [0.2, 0.25) is 0 Å². The SMILES string of the molecule is COC(=O)c1ccc(OS(=O)(=O)C(F)(F)F)c(CC(C)=C(C)C)c1. The number of ether oxygens (including phenoxy) is 1. The van der Waals surface area contributed by atoms with Gasteiger partial charge in [0.25, 0.3) is 0 Å². The number of alkyl halides is 3. The van der Waals surface area contributed by atoms with Crippen molar-refractivity contribution in [2.24, 2.45) is 0 Å². The zero-order chi connectivity index (χ0) is 18.7. The molecule has 0 aliphatic heterocycles. The number of methoxy groups -OCH3 is 1. The highest BCUT2D eigenvalue weighted by molar-refractivity contribution is 7.88. The second kappa shape index (κ2) is 7.25. The molecule has 0 N–H and O–H groups in total. The van der Waals surface area contributed by atoms with Crippen molar-refractivity contribution in [1.29, 1.82) is 0 Å². The smallest absolute Gasteiger partial charge is 0.465 e. The Bertz CT molecular complexity index is 760. The standard InChI is InChI=1S/C15H17F3O5S/c1-9(2)10(3)7-12-8-11(14(19)22-4)5-6-13(12)23-24(20,21)15(16,17)18/h5-6,8H,7H2,1-4H3. The van der Waals surface area contributed by atoms with Gasteiger partial charge >= 0.3 is 21.6 Å². The third kappa shape index (κ3) is 4.73. The van der Waals surface area contributed by atoms with Gasteiger partial charge in [0.1, 0.15) is 5.75 Å². The molecule has 5 nitrogen and oxygen atoms in total. The molecule has 9 heteroatoms. The molecule has 0 saturated carbocycles. The Morgan fingerprint density at radius 3 is 2.21 bits per heavy atom. The van der Waals surface area contributed by atoms with Crippen molar-refractivity contribution in [2.75, 3.05) is 7.11 Å². The maximum atomic E-state index is 12.5. The summed E-state index contributed by atoms with van der Waals surface area (Å²) in [5.74, 6) is -1.18. The molecule has 1 aromatic carbocycles. The van der Waals surface area contributed by atoms with Gasteiger partial charge in [-0.25, -0.2) is 4.79 Å². The van der Waals surface area contributed by atoms with Gasteiger partial charge in [0, 0.05) is 5.56 Å². The first-order valence-corrected chi connectivity index (χ1v) is 8.15. The van der Waals surface area contributed by atoms with Gasteiger partial charge in [-0.2, -0.15) is 21.6 Å². The highest BCUT2D eigenvalue weighted by Crippen LogP contribution is 2.31. The van der Waals surface area contributed by atoms with E-state index in [0.29, 0.717) is 0 Å². The van der Waals surface area contributed by atoms with Crippen LogP contribution in [0.5, 0.6) is 5.75 Å². The maximum Gasteiger partial charge on any atom is 0.534 e. The van der Waals surface area contributed by atoms with Crippen LogP contribution in [0.4, 0.5) is 13.2 Å². The van der Waals surface area contributed by atoms with E-state index in [2.05, 4.69) is 8.92 Å². The predicted octanol–water partition coefficient (Wildman–Crippen LogP) is 3.60. The van der Waals surface area contributed by atoms with Crippen LogP contribution in [0, 0.1) is 0 Å². The Kier molecular flexibility index (Phi) is 6.04. The Morgan fingerprint density at radius 1 is 1.17 bits per heavy atom. The molecule has 0 unspecified atom stereocenters. The summed E-state index contributed by atoms with van der Waals surface area (Å²) < 4.78 is 68.7. The van der Waals surface area contributed by atoms with Crippen LogP contribution in [0.3, 0.4) is 0 Å². The fourth-order valence-electron chi connectivity index (χ4n) is 1.67. The number of carbonyl (C=O) groups is 1. The molecule has 0 saturated heterocycles. The zero-order valence-electron chi connectivity index (χ0n) is 13.5. The molecule has 0 amide bonds. The van der Waals surface area contributed by atoms with Crippen molar-refractivity contribution in [2.45, 2.75) is 32.7 Å². The minimum atomic E-state index is -5.80. The van der Waals surface area contributed by atoms with E-state index in [1.54, 1.807) is 20.8 Å². The summed E-state index contributed by atoms with van der Waals surface area (Å²) in [7, 11) is -4.65. The largest absolute Gasteiger partial charge is 0.534 e. The summed E-state index contributed by atoms with van der Waals surface area (Å²) in [5.41, 5.74) is -3.64. The number of carbonyl (C=O) groups excluding carboxylic acids is 1. The molecule has 0 fully saturated rings. The van der Waals surface area contributed by atoms with Gasteiger partial charge in [-0.3, -0.25) is 0 Å². The first-order chi connectivity index (χ1) is 10.9.